The summed E-state index contributed by atoms with van der Waals surface area (Å²) < 4.78 is 0. The average molecular weight is 322 g/mol. The molecule has 2 rings (SSSR count). The molecular weight excluding hydrogens is 304 g/mol. The standard InChI is InChI=1S/C15H18N2O4S/c1-9-12(14(20)21)13(10-5-3-2-4-6-10)17-15(16-9)22-8-11(19)7-18/h2-6,11,13,18-19H,7-8H2,1H3,(H,16,17)(H,20,21). The van der Waals surface area contributed by atoms with Gasteiger partial charge in [-0.25, -0.2) is 9.79 Å². The molecule has 0 fully saturated rings. The molecule has 0 aromatic heterocycles. The molecule has 0 amide bonds. The molecule has 0 saturated carbocycles. The second-order valence-electron chi connectivity index (χ2n) is 4.86. The quantitative estimate of drug-likeness (QED) is 0.648. The smallest absolute Gasteiger partial charge is 0.335 e. The van der Waals surface area contributed by atoms with Crippen molar-refractivity contribution in [1.29, 1.82) is 0 Å². The van der Waals surface area contributed by atoms with Gasteiger partial charge in [-0.05, 0) is 12.5 Å². The van der Waals surface area contributed by atoms with Gasteiger partial charge >= 0.3 is 5.97 Å². The highest BCUT2D eigenvalue weighted by Gasteiger charge is 2.29. The van der Waals surface area contributed by atoms with Crippen LogP contribution in [0.2, 0.25) is 0 Å². The van der Waals surface area contributed by atoms with Crippen molar-refractivity contribution in [3.63, 3.8) is 0 Å². The van der Waals surface area contributed by atoms with Crippen LogP contribution in [0.15, 0.2) is 46.6 Å². The summed E-state index contributed by atoms with van der Waals surface area (Å²) in [6.07, 6.45) is -0.838. The van der Waals surface area contributed by atoms with E-state index in [4.69, 9.17) is 5.11 Å². The van der Waals surface area contributed by atoms with Crippen LogP contribution >= 0.6 is 11.8 Å². The molecule has 4 N–H and O–H groups in total. The van der Waals surface area contributed by atoms with Gasteiger partial charge in [0.1, 0.15) is 6.04 Å². The van der Waals surface area contributed by atoms with Crippen LogP contribution < -0.4 is 5.32 Å². The lowest BCUT2D eigenvalue weighted by Gasteiger charge is -2.25. The minimum atomic E-state index is -1.01. The lowest BCUT2D eigenvalue weighted by molar-refractivity contribution is -0.133. The third kappa shape index (κ3) is 3.88. The van der Waals surface area contributed by atoms with Crippen molar-refractivity contribution in [2.45, 2.75) is 19.1 Å². The van der Waals surface area contributed by atoms with Crippen LogP contribution in [0.3, 0.4) is 0 Å². The number of aliphatic imine (C=N–C) groups is 1. The van der Waals surface area contributed by atoms with Crippen LogP contribution in [0.5, 0.6) is 0 Å². The molecule has 0 bridgehead atoms. The van der Waals surface area contributed by atoms with Gasteiger partial charge in [0.2, 0.25) is 0 Å². The minimum absolute atomic E-state index is 0.207. The maximum absolute atomic E-state index is 11.5. The first-order valence-corrected chi connectivity index (χ1v) is 7.77. The molecule has 2 unspecified atom stereocenters. The van der Waals surface area contributed by atoms with E-state index in [0.29, 0.717) is 10.9 Å². The van der Waals surface area contributed by atoms with Gasteiger partial charge in [-0.2, -0.15) is 0 Å². The van der Waals surface area contributed by atoms with Crippen molar-refractivity contribution in [3.05, 3.63) is 47.2 Å². The molecule has 1 heterocycles. The molecule has 0 spiro atoms. The van der Waals surface area contributed by atoms with Gasteiger partial charge in [-0.3, -0.25) is 0 Å². The maximum atomic E-state index is 11.5. The molecule has 1 aromatic carbocycles. The summed E-state index contributed by atoms with van der Waals surface area (Å²) in [5, 5.41) is 31.2. The number of carboxylic acid groups (broad SMARTS) is 1. The fourth-order valence-electron chi connectivity index (χ4n) is 2.10. The second-order valence-corrected chi connectivity index (χ2v) is 5.87. The van der Waals surface area contributed by atoms with Crippen LogP contribution in [-0.2, 0) is 4.79 Å². The first-order valence-electron chi connectivity index (χ1n) is 6.78. The average Bonchev–Trinajstić information content (AvgIpc) is 2.52. The van der Waals surface area contributed by atoms with Crippen LogP contribution in [0, 0.1) is 0 Å². The number of nitrogens with zero attached hydrogens (tertiary/aromatic N) is 1. The number of thioether (sulfide) groups is 1. The topological polar surface area (TPSA) is 102 Å². The van der Waals surface area contributed by atoms with E-state index in [9.17, 15) is 15.0 Å². The Morgan fingerprint density at radius 2 is 2.09 bits per heavy atom. The number of benzene rings is 1. The third-order valence-corrected chi connectivity index (χ3v) is 4.22. The number of carboxylic acids is 1. The van der Waals surface area contributed by atoms with Crippen molar-refractivity contribution in [2.75, 3.05) is 12.4 Å². The Morgan fingerprint density at radius 1 is 1.41 bits per heavy atom. The Hall–Kier alpha value is -1.83. The number of allylic oxidation sites excluding steroid dienone is 1. The van der Waals surface area contributed by atoms with E-state index in [-0.39, 0.29) is 17.9 Å². The lowest BCUT2D eigenvalue weighted by Crippen LogP contribution is -2.31. The number of hydrogen-bond acceptors (Lipinski definition) is 6. The van der Waals surface area contributed by atoms with Gasteiger partial charge in [0.05, 0.1) is 18.3 Å². The molecule has 6 nitrogen and oxygen atoms in total. The molecule has 0 saturated heterocycles. The first-order chi connectivity index (χ1) is 10.5. The van der Waals surface area contributed by atoms with Crippen molar-refractivity contribution in [2.24, 2.45) is 4.99 Å². The Labute approximate surface area is 132 Å². The van der Waals surface area contributed by atoms with Crippen LogP contribution in [0.4, 0.5) is 0 Å². The number of amidine groups is 1. The molecule has 1 aliphatic rings. The Kier molecular flexibility index (Phi) is 5.59. The van der Waals surface area contributed by atoms with Gasteiger partial charge < -0.3 is 20.6 Å². The molecule has 1 aliphatic heterocycles. The number of rotatable bonds is 5. The van der Waals surface area contributed by atoms with Crippen molar-refractivity contribution < 1.29 is 20.1 Å². The monoisotopic (exact) mass is 322 g/mol. The van der Waals surface area contributed by atoms with E-state index in [2.05, 4.69) is 10.3 Å². The number of nitrogens with one attached hydrogen (secondary N) is 1. The van der Waals surface area contributed by atoms with Crippen molar-refractivity contribution in [1.82, 2.24) is 5.32 Å². The second kappa shape index (κ2) is 7.44. The van der Waals surface area contributed by atoms with Crippen LogP contribution in [-0.4, -0.2) is 44.9 Å². The molecule has 22 heavy (non-hydrogen) atoms. The fourth-order valence-corrected chi connectivity index (χ4v) is 2.96. The summed E-state index contributed by atoms with van der Waals surface area (Å²) in [6, 6.07) is 8.61. The largest absolute Gasteiger partial charge is 0.478 e. The SMILES string of the molecule is CC1=C(C(=O)O)C(c2ccccc2)N=C(SCC(O)CO)N1. The Balaban J connectivity index is 2.28. The Morgan fingerprint density at radius 3 is 2.68 bits per heavy atom. The van der Waals surface area contributed by atoms with E-state index in [1.807, 2.05) is 30.3 Å². The van der Waals surface area contributed by atoms with Gasteiger partial charge in [0.25, 0.3) is 0 Å². The highest BCUT2D eigenvalue weighted by Crippen LogP contribution is 2.32. The molecule has 7 heteroatoms. The highest BCUT2D eigenvalue weighted by molar-refractivity contribution is 8.13. The summed E-state index contributed by atoms with van der Waals surface area (Å²) in [6.45, 7) is 1.37. The lowest BCUT2D eigenvalue weighted by atomic mass is 9.97. The van der Waals surface area contributed by atoms with Crippen LogP contribution in [0.1, 0.15) is 18.5 Å². The normalized spacial score (nSPS) is 19.4. The molecule has 118 valence electrons. The molecule has 1 aromatic rings. The summed E-state index contributed by atoms with van der Waals surface area (Å²) in [5.41, 5.74) is 1.53. The molecule has 0 radical (unpaired) electrons. The summed E-state index contributed by atoms with van der Waals surface area (Å²) in [4.78, 5) is 16.0. The minimum Gasteiger partial charge on any atom is -0.478 e. The first kappa shape index (κ1) is 16.5. The zero-order valence-electron chi connectivity index (χ0n) is 12.1. The molecule has 0 aliphatic carbocycles. The summed E-state index contributed by atoms with van der Waals surface area (Å²) >= 11 is 1.25. The highest BCUT2D eigenvalue weighted by atomic mass is 32.2. The molecule has 2 atom stereocenters. The van der Waals surface area contributed by atoms with Crippen molar-refractivity contribution >= 4 is 22.9 Å². The predicted octanol–water partition coefficient (Wildman–Crippen LogP) is 1.13. The number of aliphatic hydroxyl groups excluding tert-OH is 2. The van der Waals surface area contributed by atoms with E-state index >= 15 is 0 Å². The Bertz CT molecular complexity index is 601. The number of aliphatic carboxylic acids is 1. The molecular formula is C15H18N2O4S. The summed E-state index contributed by atoms with van der Waals surface area (Å²) in [5.74, 6) is -0.735. The summed E-state index contributed by atoms with van der Waals surface area (Å²) in [7, 11) is 0. The zero-order chi connectivity index (χ0) is 16.1. The fraction of sp³-hybridized carbons (Fsp3) is 0.333. The van der Waals surface area contributed by atoms with Crippen LogP contribution in [0.25, 0.3) is 0 Å². The van der Waals surface area contributed by atoms with E-state index in [1.54, 1.807) is 6.92 Å². The van der Waals surface area contributed by atoms with Gasteiger partial charge in [0, 0.05) is 11.4 Å². The number of hydrogen-bond donors (Lipinski definition) is 4. The van der Waals surface area contributed by atoms with Gasteiger partial charge in [-0.15, -0.1) is 0 Å². The van der Waals surface area contributed by atoms with E-state index in [1.165, 1.54) is 11.8 Å². The van der Waals surface area contributed by atoms with Gasteiger partial charge in [0.15, 0.2) is 5.17 Å². The van der Waals surface area contributed by atoms with Gasteiger partial charge in [-0.1, -0.05) is 42.1 Å². The zero-order valence-corrected chi connectivity index (χ0v) is 12.9. The number of carbonyl (C=O) groups is 1. The number of aliphatic hydroxyl groups is 2. The van der Waals surface area contributed by atoms with E-state index < -0.39 is 18.1 Å². The van der Waals surface area contributed by atoms with Crippen molar-refractivity contribution in [3.8, 4) is 0 Å². The third-order valence-electron chi connectivity index (χ3n) is 3.19. The maximum Gasteiger partial charge on any atom is 0.335 e. The van der Waals surface area contributed by atoms with E-state index in [0.717, 1.165) is 5.56 Å². The predicted molar refractivity (Wildman–Crippen MR) is 85.6 cm³/mol.